The number of allylic oxidation sites excluding steroid dienone is 3. The lowest BCUT2D eigenvalue weighted by molar-refractivity contribution is -0.151. The summed E-state index contributed by atoms with van der Waals surface area (Å²) in [7, 11) is 1.29. The van der Waals surface area contributed by atoms with E-state index in [2.05, 4.69) is 12.2 Å². The number of ether oxygens (including phenoxy) is 2. The molecule has 160 valence electrons. The van der Waals surface area contributed by atoms with Gasteiger partial charge in [0.2, 0.25) is 0 Å². The zero-order valence-electron chi connectivity index (χ0n) is 18.2. The van der Waals surface area contributed by atoms with Crippen molar-refractivity contribution >= 4 is 17.7 Å². The van der Waals surface area contributed by atoms with E-state index in [0.717, 1.165) is 23.2 Å². The van der Waals surface area contributed by atoms with Crippen molar-refractivity contribution in [2.24, 2.45) is 11.8 Å². The number of carbonyl (C=O) groups excluding carboxylic acids is 3. The molecule has 1 N–H and O–H groups in total. The molecule has 0 spiro atoms. The molecule has 1 aliphatic carbocycles. The van der Waals surface area contributed by atoms with Crippen molar-refractivity contribution in [1.82, 2.24) is 5.32 Å². The van der Waals surface area contributed by atoms with Crippen molar-refractivity contribution in [1.29, 1.82) is 0 Å². The van der Waals surface area contributed by atoms with Gasteiger partial charge in [0.25, 0.3) is 0 Å². The Morgan fingerprint density at radius 3 is 2.40 bits per heavy atom. The molecule has 2 aliphatic rings. The van der Waals surface area contributed by atoms with E-state index in [1.165, 1.54) is 7.11 Å². The fraction of sp³-hybridized carbons (Fsp3) is 0.458. The standard InChI is InChI=1S/C24H29NO5/c1-6-15-8-10-16(11-9-15)20-19(24(28)30-7-2)14(4)25-17-12-13(3)18(23(27)29-5)22(26)21(17)20/h8-11,13,18,20,25H,6-7,12H2,1-5H3/t13-,18-,20+/m0/s1. The number of methoxy groups -OCH3 is 1. The molecule has 0 amide bonds. The van der Waals surface area contributed by atoms with Gasteiger partial charge in [-0.15, -0.1) is 0 Å². The number of aryl methyl sites for hydroxylation is 1. The Morgan fingerprint density at radius 2 is 1.83 bits per heavy atom. The van der Waals surface area contributed by atoms with Gasteiger partial charge in [0.15, 0.2) is 5.78 Å². The third-order valence-electron chi connectivity index (χ3n) is 5.96. The van der Waals surface area contributed by atoms with Crippen LogP contribution in [0, 0.1) is 11.8 Å². The van der Waals surface area contributed by atoms with E-state index in [9.17, 15) is 14.4 Å². The molecule has 0 aromatic heterocycles. The first-order valence-corrected chi connectivity index (χ1v) is 10.4. The van der Waals surface area contributed by atoms with Gasteiger partial charge in [0, 0.05) is 22.9 Å². The van der Waals surface area contributed by atoms with Gasteiger partial charge in [-0.3, -0.25) is 9.59 Å². The molecule has 3 rings (SSSR count). The largest absolute Gasteiger partial charge is 0.468 e. The molecule has 1 aliphatic heterocycles. The molecule has 0 saturated carbocycles. The molecule has 1 heterocycles. The average Bonchev–Trinajstić information content (AvgIpc) is 2.72. The van der Waals surface area contributed by atoms with Crippen LogP contribution < -0.4 is 5.32 Å². The number of carbonyl (C=O) groups is 3. The first-order valence-electron chi connectivity index (χ1n) is 10.4. The minimum absolute atomic E-state index is 0.198. The van der Waals surface area contributed by atoms with Gasteiger partial charge in [-0.2, -0.15) is 0 Å². The lowest BCUT2D eigenvalue weighted by Gasteiger charge is -2.38. The molecule has 3 atom stereocenters. The van der Waals surface area contributed by atoms with Crippen molar-refractivity contribution in [3.63, 3.8) is 0 Å². The monoisotopic (exact) mass is 411 g/mol. The van der Waals surface area contributed by atoms with Crippen LogP contribution in [0.1, 0.15) is 51.2 Å². The van der Waals surface area contributed by atoms with E-state index in [1.54, 1.807) is 6.92 Å². The quantitative estimate of drug-likeness (QED) is 0.591. The minimum Gasteiger partial charge on any atom is -0.468 e. The highest BCUT2D eigenvalue weighted by Gasteiger charge is 2.47. The molecule has 6 heteroatoms. The first kappa shape index (κ1) is 21.8. The van der Waals surface area contributed by atoms with Crippen LogP contribution >= 0.6 is 0 Å². The van der Waals surface area contributed by atoms with Crippen LogP contribution in [0.4, 0.5) is 0 Å². The molecule has 0 fully saturated rings. The predicted molar refractivity (Wildman–Crippen MR) is 112 cm³/mol. The first-order chi connectivity index (χ1) is 14.3. The Kier molecular flexibility index (Phi) is 6.44. The number of nitrogens with one attached hydrogen (secondary N) is 1. The molecule has 1 aromatic carbocycles. The Hall–Kier alpha value is -2.89. The maximum Gasteiger partial charge on any atom is 0.336 e. The SMILES string of the molecule is CCOC(=O)C1=C(C)NC2=C(C(=O)[C@@H](C(=O)OC)[C@@H](C)C2)[C@@H]1c1ccc(CC)cc1. The summed E-state index contributed by atoms with van der Waals surface area (Å²) in [6, 6.07) is 7.90. The van der Waals surface area contributed by atoms with Gasteiger partial charge in [-0.05, 0) is 43.7 Å². The summed E-state index contributed by atoms with van der Waals surface area (Å²) in [6.45, 7) is 7.75. The van der Waals surface area contributed by atoms with Crippen molar-refractivity contribution < 1.29 is 23.9 Å². The number of rotatable bonds is 5. The van der Waals surface area contributed by atoms with Gasteiger partial charge in [-0.25, -0.2) is 4.79 Å². The van der Waals surface area contributed by atoms with Crippen molar-refractivity contribution in [3.05, 3.63) is 57.9 Å². The van der Waals surface area contributed by atoms with E-state index in [1.807, 2.05) is 38.1 Å². The van der Waals surface area contributed by atoms with Crippen LogP contribution in [-0.4, -0.2) is 31.4 Å². The molecule has 1 aromatic rings. The van der Waals surface area contributed by atoms with Crippen LogP contribution in [-0.2, 0) is 30.3 Å². The van der Waals surface area contributed by atoms with E-state index in [0.29, 0.717) is 23.3 Å². The van der Waals surface area contributed by atoms with Gasteiger partial charge in [0.1, 0.15) is 5.92 Å². The summed E-state index contributed by atoms with van der Waals surface area (Å²) in [5.74, 6) is -2.95. The number of esters is 2. The van der Waals surface area contributed by atoms with Crippen LogP contribution in [0.15, 0.2) is 46.8 Å². The fourth-order valence-corrected chi connectivity index (χ4v) is 4.44. The summed E-state index contributed by atoms with van der Waals surface area (Å²) in [6.07, 6.45) is 1.42. The maximum absolute atomic E-state index is 13.5. The van der Waals surface area contributed by atoms with E-state index in [-0.39, 0.29) is 18.3 Å². The van der Waals surface area contributed by atoms with Gasteiger partial charge < -0.3 is 14.8 Å². The molecular formula is C24H29NO5. The number of dihydropyridines is 1. The smallest absolute Gasteiger partial charge is 0.336 e. The van der Waals surface area contributed by atoms with Crippen molar-refractivity contribution in [2.75, 3.05) is 13.7 Å². The lowest BCUT2D eigenvalue weighted by atomic mass is 9.69. The molecular weight excluding hydrogens is 382 g/mol. The summed E-state index contributed by atoms with van der Waals surface area (Å²) in [4.78, 5) is 38.8. The number of hydrogen-bond donors (Lipinski definition) is 1. The van der Waals surface area contributed by atoms with E-state index < -0.39 is 23.8 Å². The third kappa shape index (κ3) is 3.78. The van der Waals surface area contributed by atoms with Gasteiger partial charge in [-0.1, -0.05) is 38.1 Å². The number of hydrogen-bond acceptors (Lipinski definition) is 6. The Balaban J connectivity index is 2.17. The Morgan fingerprint density at radius 1 is 1.17 bits per heavy atom. The second kappa shape index (κ2) is 8.86. The molecule has 0 unspecified atom stereocenters. The summed E-state index contributed by atoms with van der Waals surface area (Å²) in [5.41, 5.74) is 4.30. The van der Waals surface area contributed by atoms with Gasteiger partial charge >= 0.3 is 11.9 Å². The second-order valence-corrected chi connectivity index (χ2v) is 7.85. The summed E-state index contributed by atoms with van der Waals surface area (Å²) >= 11 is 0. The minimum atomic E-state index is -0.880. The van der Waals surface area contributed by atoms with Crippen LogP contribution in [0.3, 0.4) is 0 Å². The predicted octanol–water partition coefficient (Wildman–Crippen LogP) is 3.43. The van der Waals surface area contributed by atoms with Crippen LogP contribution in [0.2, 0.25) is 0 Å². The number of Topliss-reactive ketones (excluding diaryl/α,β-unsaturated/α-hetero) is 1. The number of ketones is 1. The van der Waals surface area contributed by atoms with Crippen molar-refractivity contribution in [3.8, 4) is 0 Å². The van der Waals surface area contributed by atoms with E-state index >= 15 is 0 Å². The zero-order chi connectivity index (χ0) is 22.0. The Bertz CT molecular complexity index is 925. The zero-order valence-corrected chi connectivity index (χ0v) is 18.2. The van der Waals surface area contributed by atoms with E-state index in [4.69, 9.17) is 9.47 Å². The Labute approximate surface area is 177 Å². The highest BCUT2D eigenvalue weighted by molar-refractivity contribution is 6.12. The number of benzene rings is 1. The topological polar surface area (TPSA) is 81.7 Å². The molecule has 0 bridgehead atoms. The van der Waals surface area contributed by atoms with Crippen LogP contribution in [0.25, 0.3) is 0 Å². The fourth-order valence-electron chi connectivity index (χ4n) is 4.44. The summed E-state index contributed by atoms with van der Waals surface area (Å²) in [5, 5.41) is 3.25. The third-order valence-corrected chi connectivity index (χ3v) is 5.96. The molecule has 6 nitrogen and oxygen atoms in total. The lowest BCUT2D eigenvalue weighted by Crippen LogP contribution is -2.43. The van der Waals surface area contributed by atoms with Crippen molar-refractivity contribution in [2.45, 2.75) is 46.5 Å². The highest BCUT2D eigenvalue weighted by atomic mass is 16.5. The maximum atomic E-state index is 13.5. The van der Waals surface area contributed by atoms with Gasteiger partial charge in [0.05, 0.1) is 19.3 Å². The highest BCUT2D eigenvalue weighted by Crippen LogP contribution is 2.45. The summed E-state index contributed by atoms with van der Waals surface area (Å²) < 4.78 is 10.2. The second-order valence-electron chi connectivity index (χ2n) is 7.85. The molecule has 0 radical (unpaired) electrons. The average molecular weight is 411 g/mol. The molecule has 30 heavy (non-hydrogen) atoms. The van der Waals surface area contributed by atoms with Crippen LogP contribution in [0.5, 0.6) is 0 Å². The normalized spacial score (nSPS) is 23.6. The molecule has 0 saturated heterocycles.